The van der Waals surface area contributed by atoms with E-state index >= 15 is 0 Å². The highest BCUT2D eigenvalue weighted by atomic mass is 16.3. The summed E-state index contributed by atoms with van der Waals surface area (Å²) in [6.45, 7) is 3.35. The number of hydrogen-bond donors (Lipinski definition) is 2. The SMILES string of the molecule is CC(O)c1cc2ccccc2c(C(C)O)n1. The van der Waals surface area contributed by atoms with Crippen LogP contribution in [-0.4, -0.2) is 15.2 Å². The highest BCUT2D eigenvalue weighted by Crippen LogP contribution is 2.25. The zero-order valence-corrected chi connectivity index (χ0v) is 9.38. The van der Waals surface area contributed by atoms with E-state index in [2.05, 4.69) is 4.98 Å². The average Bonchev–Trinajstić information content (AvgIpc) is 2.27. The van der Waals surface area contributed by atoms with Crippen molar-refractivity contribution in [2.45, 2.75) is 26.1 Å². The number of benzene rings is 1. The Morgan fingerprint density at radius 2 is 1.75 bits per heavy atom. The lowest BCUT2D eigenvalue weighted by Crippen LogP contribution is -2.03. The van der Waals surface area contributed by atoms with Crippen molar-refractivity contribution < 1.29 is 10.2 Å². The highest BCUT2D eigenvalue weighted by Gasteiger charge is 2.12. The Kier molecular flexibility index (Phi) is 2.90. The molecule has 16 heavy (non-hydrogen) atoms. The molecule has 2 atom stereocenters. The first-order valence-electron chi connectivity index (χ1n) is 5.35. The second-order valence-electron chi connectivity index (χ2n) is 4.01. The van der Waals surface area contributed by atoms with Crippen molar-refractivity contribution in [2.24, 2.45) is 0 Å². The molecule has 2 rings (SSSR count). The first-order valence-corrected chi connectivity index (χ1v) is 5.35. The van der Waals surface area contributed by atoms with Gasteiger partial charge in [0.25, 0.3) is 0 Å². The van der Waals surface area contributed by atoms with Gasteiger partial charge in [-0.15, -0.1) is 0 Å². The van der Waals surface area contributed by atoms with E-state index in [4.69, 9.17) is 0 Å². The quantitative estimate of drug-likeness (QED) is 0.811. The summed E-state index contributed by atoms with van der Waals surface area (Å²) in [6.07, 6.45) is -1.26. The van der Waals surface area contributed by atoms with Gasteiger partial charge in [0.2, 0.25) is 0 Å². The fraction of sp³-hybridized carbons (Fsp3) is 0.308. The number of fused-ring (bicyclic) bond motifs is 1. The lowest BCUT2D eigenvalue weighted by Gasteiger charge is -2.12. The fourth-order valence-corrected chi connectivity index (χ4v) is 1.78. The molecule has 1 aromatic carbocycles. The van der Waals surface area contributed by atoms with Crippen LogP contribution in [0.5, 0.6) is 0 Å². The molecule has 0 amide bonds. The number of rotatable bonds is 2. The third kappa shape index (κ3) is 1.92. The molecule has 2 aromatic rings. The standard InChI is InChI=1S/C13H15NO2/c1-8(15)12-7-10-5-3-4-6-11(10)13(14-12)9(2)16/h3-9,15-16H,1-2H3. The monoisotopic (exact) mass is 217 g/mol. The largest absolute Gasteiger partial charge is 0.387 e. The molecule has 0 bridgehead atoms. The summed E-state index contributed by atoms with van der Waals surface area (Å²) in [5.74, 6) is 0. The number of hydrogen-bond acceptors (Lipinski definition) is 3. The van der Waals surface area contributed by atoms with Crippen molar-refractivity contribution in [1.29, 1.82) is 0 Å². The number of aromatic nitrogens is 1. The summed E-state index contributed by atoms with van der Waals surface area (Å²) < 4.78 is 0. The Morgan fingerprint density at radius 3 is 2.38 bits per heavy atom. The lowest BCUT2D eigenvalue weighted by atomic mass is 10.0. The van der Waals surface area contributed by atoms with Crippen molar-refractivity contribution in [3.05, 3.63) is 41.7 Å². The Hall–Kier alpha value is -1.45. The zero-order chi connectivity index (χ0) is 11.7. The molecule has 2 unspecified atom stereocenters. The molecule has 0 saturated carbocycles. The van der Waals surface area contributed by atoms with Crippen LogP contribution in [-0.2, 0) is 0 Å². The van der Waals surface area contributed by atoms with Crippen LogP contribution in [0.15, 0.2) is 30.3 Å². The summed E-state index contributed by atoms with van der Waals surface area (Å²) in [5.41, 5.74) is 1.21. The van der Waals surface area contributed by atoms with Crippen molar-refractivity contribution >= 4 is 10.8 Å². The highest BCUT2D eigenvalue weighted by molar-refractivity contribution is 5.85. The summed E-state index contributed by atoms with van der Waals surface area (Å²) in [6, 6.07) is 9.58. The molecule has 1 heterocycles. The molecule has 0 fully saturated rings. The van der Waals surface area contributed by atoms with E-state index in [1.807, 2.05) is 30.3 Å². The molecule has 0 spiro atoms. The van der Waals surface area contributed by atoms with Crippen molar-refractivity contribution in [1.82, 2.24) is 4.98 Å². The number of pyridine rings is 1. The number of aliphatic hydroxyl groups is 2. The van der Waals surface area contributed by atoms with Crippen LogP contribution in [0.2, 0.25) is 0 Å². The minimum Gasteiger partial charge on any atom is -0.387 e. The van der Waals surface area contributed by atoms with Crippen LogP contribution in [0.3, 0.4) is 0 Å². The van der Waals surface area contributed by atoms with Crippen molar-refractivity contribution in [3.63, 3.8) is 0 Å². The molecule has 0 radical (unpaired) electrons. The van der Waals surface area contributed by atoms with E-state index in [1.54, 1.807) is 13.8 Å². The van der Waals surface area contributed by atoms with Gasteiger partial charge in [-0.05, 0) is 25.3 Å². The van der Waals surface area contributed by atoms with E-state index in [0.717, 1.165) is 10.8 Å². The predicted molar refractivity (Wildman–Crippen MR) is 63.0 cm³/mol. The Bertz CT molecular complexity index is 506. The van der Waals surface area contributed by atoms with Gasteiger partial charge in [-0.2, -0.15) is 0 Å². The van der Waals surface area contributed by atoms with Gasteiger partial charge in [0.05, 0.1) is 23.6 Å². The van der Waals surface area contributed by atoms with E-state index in [0.29, 0.717) is 11.4 Å². The van der Waals surface area contributed by atoms with Gasteiger partial charge in [-0.25, -0.2) is 0 Å². The van der Waals surface area contributed by atoms with E-state index in [-0.39, 0.29) is 0 Å². The van der Waals surface area contributed by atoms with Gasteiger partial charge in [0.1, 0.15) is 0 Å². The van der Waals surface area contributed by atoms with Crippen LogP contribution in [0.1, 0.15) is 37.4 Å². The summed E-state index contributed by atoms with van der Waals surface area (Å²) in [5, 5.41) is 21.2. The average molecular weight is 217 g/mol. The molecular formula is C13H15NO2. The number of aliphatic hydroxyl groups excluding tert-OH is 2. The van der Waals surface area contributed by atoms with E-state index in [1.165, 1.54) is 0 Å². The van der Waals surface area contributed by atoms with Crippen LogP contribution >= 0.6 is 0 Å². The first kappa shape index (κ1) is 11.0. The van der Waals surface area contributed by atoms with Gasteiger partial charge < -0.3 is 10.2 Å². The van der Waals surface area contributed by atoms with Crippen LogP contribution in [0.25, 0.3) is 10.8 Å². The van der Waals surface area contributed by atoms with E-state index < -0.39 is 12.2 Å². The third-order valence-corrected chi connectivity index (χ3v) is 2.61. The number of nitrogens with zero attached hydrogens (tertiary/aromatic N) is 1. The summed E-state index contributed by atoms with van der Waals surface area (Å²) in [4.78, 5) is 4.30. The van der Waals surface area contributed by atoms with Crippen LogP contribution in [0.4, 0.5) is 0 Å². The minimum absolute atomic E-state index is 0.592. The predicted octanol–water partition coefficient (Wildman–Crippen LogP) is 2.34. The minimum atomic E-state index is -0.636. The van der Waals surface area contributed by atoms with Crippen molar-refractivity contribution in [2.75, 3.05) is 0 Å². The van der Waals surface area contributed by atoms with Gasteiger partial charge in [0.15, 0.2) is 0 Å². The Morgan fingerprint density at radius 1 is 1.06 bits per heavy atom. The van der Waals surface area contributed by atoms with Gasteiger partial charge in [0, 0.05) is 5.39 Å². The molecule has 84 valence electrons. The summed E-state index contributed by atoms with van der Waals surface area (Å²) >= 11 is 0. The van der Waals surface area contributed by atoms with Gasteiger partial charge >= 0.3 is 0 Å². The maximum Gasteiger partial charge on any atom is 0.0938 e. The molecule has 2 N–H and O–H groups in total. The fourth-order valence-electron chi connectivity index (χ4n) is 1.78. The molecule has 0 saturated heterocycles. The topological polar surface area (TPSA) is 53.4 Å². The molecule has 0 aliphatic rings. The Balaban J connectivity index is 2.74. The summed E-state index contributed by atoms with van der Waals surface area (Å²) in [7, 11) is 0. The van der Waals surface area contributed by atoms with Crippen molar-refractivity contribution in [3.8, 4) is 0 Å². The van der Waals surface area contributed by atoms with E-state index in [9.17, 15) is 10.2 Å². The first-order chi connectivity index (χ1) is 7.59. The Labute approximate surface area is 94.4 Å². The van der Waals surface area contributed by atoms with Gasteiger partial charge in [-0.1, -0.05) is 24.3 Å². The molecule has 0 aliphatic carbocycles. The van der Waals surface area contributed by atoms with Crippen LogP contribution in [0, 0.1) is 0 Å². The maximum absolute atomic E-state index is 9.68. The van der Waals surface area contributed by atoms with Gasteiger partial charge in [-0.3, -0.25) is 4.98 Å². The normalized spacial score (nSPS) is 15.0. The zero-order valence-electron chi connectivity index (χ0n) is 9.38. The van der Waals surface area contributed by atoms with Crippen LogP contribution < -0.4 is 0 Å². The smallest absolute Gasteiger partial charge is 0.0938 e. The maximum atomic E-state index is 9.68. The second-order valence-corrected chi connectivity index (χ2v) is 4.01. The third-order valence-electron chi connectivity index (χ3n) is 2.61. The molecular weight excluding hydrogens is 202 g/mol. The molecule has 0 aliphatic heterocycles. The second kappa shape index (κ2) is 4.20. The molecule has 3 nitrogen and oxygen atoms in total. The molecule has 3 heteroatoms. The lowest BCUT2D eigenvalue weighted by molar-refractivity contribution is 0.184. The molecule has 1 aromatic heterocycles.